The van der Waals surface area contributed by atoms with Gasteiger partial charge in [-0.3, -0.25) is 4.79 Å². The molecule has 2 aliphatic carbocycles. The Bertz CT molecular complexity index is 571. The average Bonchev–Trinajstić information content (AvgIpc) is 2.66. The van der Waals surface area contributed by atoms with Gasteiger partial charge < -0.3 is 9.47 Å². The quantitative estimate of drug-likeness (QED) is 0.550. The highest BCUT2D eigenvalue weighted by atomic mass is 16.6. The Morgan fingerprint density at radius 1 is 1.43 bits per heavy atom. The molecule has 0 radical (unpaired) electrons. The van der Waals surface area contributed by atoms with Gasteiger partial charge in [0.2, 0.25) is 0 Å². The van der Waals surface area contributed by atoms with Gasteiger partial charge in [-0.25, -0.2) is 4.79 Å². The monoisotopic (exact) mass is 290 g/mol. The minimum absolute atomic E-state index is 0.134. The molecule has 0 unspecified atom stereocenters. The van der Waals surface area contributed by atoms with Crippen molar-refractivity contribution in [1.82, 2.24) is 0 Å². The molecule has 0 amide bonds. The predicted octanol–water partition coefficient (Wildman–Crippen LogP) is 2.93. The molecule has 0 aromatic heterocycles. The van der Waals surface area contributed by atoms with Gasteiger partial charge in [0.1, 0.15) is 12.2 Å². The zero-order valence-corrected chi connectivity index (χ0v) is 13.1. The summed E-state index contributed by atoms with van der Waals surface area (Å²) in [5.41, 5.74) is 3.07. The van der Waals surface area contributed by atoms with Crippen LogP contribution in [0.1, 0.15) is 47.0 Å². The number of allylic oxidation sites excluding steroid dienone is 1. The number of rotatable bonds is 1. The largest absolute Gasteiger partial charge is 0.462 e. The van der Waals surface area contributed by atoms with Gasteiger partial charge in [0.25, 0.3) is 0 Å². The number of hydrogen-bond donors (Lipinski definition) is 0. The summed E-state index contributed by atoms with van der Waals surface area (Å²) in [6.07, 6.45) is 4.22. The van der Waals surface area contributed by atoms with Crippen molar-refractivity contribution in [3.8, 4) is 0 Å². The van der Waals surface area contributed by atoms with Crippen LogP contribution in [0, 0.1) is 11.3 Å². The van der Waals surface area contributed by atoms with Crippen molar-refractivity contribution in [2.24, 2.45) is 11.3 Å². The lowest BCUT2D eigenvalue weighted by atomic mass is 9.57. The fraction of sp³-hybridized carbons (Fsp3) is 0.647. The van der Waals surface area contributed by atoms with Crippen LogP contribution in [0.5, 0.6) is 0 Å². The second kappa shape index (κ2) is 4.72. The first-order valence-electron chi connectivity index (χ1n) is 7.57. The molecule has 114 valence electrons. The van der Waals surface area contributed by atoms with Crippen LogP contribution < -0.4 is 0 Å². The Morgan fingerprint density at radius 2 is 2.14 bits per heavy atom. The summed E-state index contributed by atoms with van der Waals surface area (Å²) in [4.78, 5) is 23.2. The van der Waals surface area contributed by atoms with E-state index in [-0.39, 0.29) is 29.6 Å². The van der Waals surface area contributed by atoms with Gasteiger partial charge in [0, 0.05) is 24.3 Å². The van der Waals surface area contributed by atoms with Crippen molar-refractivity contribution in [2.45, 2.75) is 59.2 Å². The molecule has 1 aliphatic heterocycles. The number of hydrogen-bond acceptors (Lipinski definition) is 4. The summed E-state index contributed by atoms with van der Waals surface area (Å²) < 4.78 is 11.1. The fourth-order valence-corrected chi connectivity index (χ4v) is 4.23. The van der Waals surface area contributed by atoms with Crippen molar-refractivity contribution < 1.29 is 19.1 Å². The van der Waals surface area contributed by atoms with Crippen molar-refractivity contribution in [3.63, 3.8) is 0 Å². The summed E-state index contributed by atoms with van der Waals surface area (Å²) in [7, 11) is 0. The molecule has 0 saturated heterocycles. The lowest BCUT2D eigenvalue weighted by molar-refractivity contribution is -0.161. The van der Waals surface area contributed by atoms with E-state index in [0.29, 0.717) is 5.92 Å². The van der Waals surface area contributed by atoms with Crippen molar-refractivity contribution in [1.29, 1.82) is 0 Å². The highest BCUT2D eigenvalue weighted by Crippen LogP contribution is 2.55. The molecule has 0 aromatic rings. The summed E-state index contributed by atoms with van der Waals surface area (Å²) in [6.45, 7) is 7.62. The summed E-state index contributed by atoms with van der Waals surface area (Å²) in [5, 5.41) is 0. The Morgan fingerprint density at radius 3 is 2.81 bits per heavy atom. The molecule has 0 bridgehead atoms. The van der Waals surface area contributed by atoms with E-state index in [1.54, 1.807) is 0 Å². The third-order valence-corrected chi connectivity index (χ3v) is 5.52. The van der Waals surface area contributed by atoms with E-state index >= 15 is 0 Å². The Hall–Kier alpha value is -1.58. The second-order valence-corrected chi connectivity index (χ2v) is 6.79. The molecule has 4 nitrogen and oxygen atoms in total. The van der Waals surface area contributed by atoms with Crippen LogP contribution >= 0.6 is 0 Å². The van der Waals surface area contributed by atoms with E-state index in [0.717, 1.165) is 30.4 Å². The molecule has 21 heavy (non-hydrogen) atoms. The molecule has 3 aliphatic rings. The highest BCUT2D eigenvalue weighted by molar-refractivity contribution is 5.91. The van der Waals surface area contributed by atoms with Crippen LogP contribution in [0.2, 0.25) is 0 Å². The summed E-state index contributed by atoms with van der Waals surface area (Å²) in [5.74, 6) is -0.122. The maximum atomic E-state index is 11.8. The molecule has 4 atom stereocenters. The SMILES string of the molecule is CC(=O)O[C@H]1CC=C(C)[C@@H]2CC3=C(C)C(=O)O[C@H]3C[C@@]12C. The van der Waals surface area contributed by atoms with Crippen molar-refractivity contribution in [3.05, 3.63) is 22.8 Å². The van der Waals surface area contributed by atoms with Crippen molar-refractivity contribution >= 4 is 11.9 Å². The lowest BCUT2D eigenvalue weighted by Crippen LogP contribution is -2.49. The van der Waals surface area contributed by atoms with Gasteiger partial charge in [-0.2, -0.15) is 0 Å². The zero-order chi connectivity index (χ0) is 15.4. The molecule has 3 rings (SSSR count). The first-order chi connectivity index (χ1) is 9.83. The molecule has 0 N–H and O–H groups in total. The van der Waals surface area contributed by atoms with E-state index < -0.39 is 0 Å². The van der Waals surface area contributed by atoms with Gasteiger partial charge in [-0.05, 0) is 38.2 Å². The fourth-order valence-electron chi connectivity index (χ4n) is 4.23. The number of esters is 2. The minimum Gasteiger partial charge on any atom is -0.462 e. The maximum absolute atomic E-state index is 11.8. The van der Waals surface area contributed by atoms with E-state index in [4.69, 9.17) is 9.47 Å². The first kappa shape index (κ1) is 14.4. The maximum Gasteiger partial charge on any atom is 0.334 e. The van der Waals surface area contributed by atoms with Crippen LogP contribution in [0.3, 0.4) is 0 Å². The van der Waals surface area contributed by atoms with E-state index in [9.17, 15) is 9.59 Å². The van der Waals surface area contributed by atoms with Gasteiger partial charge >= 0.3 is 11.9 Å². The van der Waals surface area contributed by atoms with Gasteiger partial charge in [-0.15, -0.1) is 0 Å². The highest BCUT2D eigenvalue weighted by Gasteiger charge is 2.53. The molecule has 0 aromatic carbocycles. The first-order valence-corrected chi connectivity index (χ1v) is 7.57. The van der Waals surface area contributed by atoms with E-state index in [1.807, 2.05) is 6.92 Å². The van der Waals surface area contributed by atoms with Crippen LogP contribution in [0.4, 0.5) is 0 Å². The third-order valence-electron chi connectivity index (χ3n) is 5.52. The third kappa shape index (κ3) is 2.12. The lowest BCUT2D eigenvalue weighted by Gasteiger charge is -2.50. The van der Waals surface area contributed by atoms with Crippen molar-refractivity contribution in [2.75, 3.05) is 0 Å². The van der Waals surface area contributed by atoms with Gasteiger partial charge in [-0.1, -0.05) is 18.6 Å². The van der Waals surface area contributed by atoms with Crippen LogP contribution in [-0.4, -0.2) is 24.1 Å². The van der Waals surface area contributed by atoms with E-state index in [2.05, 4.69) is 19.9 Å². The minimum atomic E-state index is -0.242. The number of carbonyl (C=O) groups excluding carboxylic acids is 2. The Labute approximate surface area is 125 Å². The predicted molar refractivity (Wildman–Crippen MR) is 77.3 cm³/mol. The topological polar surface area (TPSA) is 52.6 Å². The molecule has 0 spiro atoms. The smallest absolute Gasteiger partial charge is 0.334 e. The molecule has 1 fully saturated rings. The zero-order valence-electron chi connectivity index (χ0n) is 13.1. The van der Waals surface area contributed by atoms with Gasteiger partial charge in [0.05, 0.1) is 0 Å². The Kier molecular flexibility index (Phi) is 3.23. The number of ether oxygens (including phenoxy) is 2. The molecule has 1 saturated carbocycles. The second-order valence-electron chi connectivity index (χ2n) is 6.79. The van der Waals surface area contributed by atoms with Crippen LogP contribution in [0.15, 0.2) is 22.8 Å². The standard InChI is InChI=1S/C17H22O4/c1-9-5-6-15(20-11(3)18)17(4)8-14-12(7-13(9)17)10(2)16(19)21-14/h5,13-15H,6-8H2,1-4H3/t13-,14-,15-,17+/m0/s1. The molecular weight excluding hydrogens is 268 g/mol. The molecular formula is C17H22O4. The van der Waals surface area contributed by atoms with Gasteiger partial charge in [0.15, 0.2) is 0 Å². The van der Waals surface area contributed by atoms with Crippen LogP contribution in [-0.2, 0) is 19.1 Å². The van der Waals surface area contributed by atoms with E-state index in [1.165, 1.54) is 12.5 Å². The number of fused-ring (bicyclic) bond motifs is 2. The number of carbonyl (C=O) groups is 2. The average molecular weight is 290 g/mol. The summed E-state index contributed by atoms with van der Waals surface area (Å²) in [6, 6.07) is 0. The molecule has 4 heteroatoms. The molecule has 1 heterocycles. The Balaban J connectivity index is 1.97. The summed E-state index contributed by atoms with van der Waals surface area (Å²) >= 11 is 0. The van der Waals surface area contributed by atoms with Crippen LogP contribution in [0.25, 0.3) is 0 Å². The normalized spacial score (nSPS) is 38.4.